The lowest BCUT2D eigenvalue weighted by Gasteiger charge is -2.32. The Morgan fingerprint density at radius 3 is 2.60 bits per heavy atom. The van der Waals surface area contributed by atoms with Crippen LogP contribution in [0.25, 0.3) is 0 Å². The van der Waals surface area contributed by atoms with Crippen LogP contribution in [0.1, 0.15) is 49.7 Å². The molecule has 4 N–H and O–H groups in total. The van der Waals surface area contributed by atoms with Gasteiger partial charge in [0.15, 0.2) is 0 Å². The zero-order valence-corrected chi connectivity index (χ0v) is 12.3. The van der Waals surface area contributed by atoms with E-state index in [1.807, 2.05) is 19.9 Å². The van der Waals surface area contributed by atoms with Crippen molar-refractivity contribution in [1.82, 2.24) is 0 Å². The van der Waals surface area contributed by atoms with Gasteiger partial charge in [0, 0.05) is 12.0 Å². The number of benzene rings is 1. The standard InChI is InChI=1S/C16H24N2O2/c1-11-8-12(2)15(20)13(9-11)18-14(19)10-16(17)6-4-3-5-7-16/h8-9,20H,3-7,10,17H2,1-2H3,(H,18,19). The SMILES string of the molecule is Cc1cc(C)c(O)c(NC(=O)CC2(N)CCCCC2)c1. The molecule has 1 aliphatic carbocycles. The molecule has 1 amide bonds. The maximum atomic E-state index is 12.2. The lowest BCUT2D eigenvalue weighted by molar-refractivity contribution is -0.117. The molecule has 0 aromatic heterocycles. The number of amides is 1. The highest BCUT2D eigenvalue weighted by Gasteiger charge is 2.30. The van der Waals surface area contributed by atoms with Gasteiger partial charge in [-0.2, -0.15) is 0 Å². The number of nitrogens with two attached hydrogens (primary N) is 1. The summed E-state index contributed by atoms with van der Waals surface area (Å²) in [7, 11) is 0. The molecule has 110 valence electrons. The number of hydrogen-bond acceptors (Lipinski definition) is 3. The second-order valence-corrected chi connectivity index (χ2v) is 6.13. The van der Waals surface area contributed by atoms with Gasteiger partial charge in [0.1, 0.15) is 5.75 Å². The number of aromatic hydroxyl groups is 1. The van der Waals surface area contributed by atoms with Gasteiger partial charge in [-0.1, -0.05) is 25.3 Å². The quantitative estimate of drug-likeness (QED) is 0.743. The van der Waals surface area contributed by atoms with Crippen LogP contribution in [0.2, 0.25) is 0 Å². The van der Waals surface area contributed by atoms with E-state index in [0.29, 0.717) is 12.1 Å². The van der Waals surface area contributed by atoms with Crippen LogP contribution < -0.4 is 11.1 Å². The summed E-state index contributed by atoms with van der Waals surface area (Å²) in [5.74, 6) is 0.0216. The summed E-state index contributed by atoms with van der Waals surface area (Å²) in [5.41, 5.74) is 8.16. The van der Waals surface area contributed by atoms with Crippen molar-refractivity contribution in [3.63, 3.8) is 0 Å². The van der Waals surface area contributed by atoms with Gasteiger partial charge in [-0.3, -0.25) is 4.79 Å². The molecule has 0 heterocycles. The van der Waals surface area contributed by atoms with E-state index in [4.69, 9.17) is 5.73 Å². The number of phenolic OH excluding ortho intramolecular Hbond substituents is 1. The Morgan fingerprint density at radius 1 is 1.30 bits per heavy atom. The third kappa shape index (κ3) is 3.51. The number of aryl methyl sites for hydroxylation is 2. The van der Waals surface area contributed by atoms with Gasteiger partial charge in [0.2, 0.25) is 5.91 Å². The first kappa shape index (κ1) is 14.9. The molecule has 4 heteroatoms. The number of hydrogen-bond donors (Lipinski definition) is 3. The van der Waals surface area contributed by atoms with Crippen molar-refractivity contribution in [1.29, 1.82) is 0 Å². The highest BCUT2D eigenvalue weighted by Crippen LogP contribution is 2.31. The average Bonchev–Trinajstić information content (AvgIpc) is 2.35. The van der Waals surface area contributed by atoms with Gasteiger partial charge in [-0.15, -0.1) is 0 Å². The molecule has 1 aromatic carbocycles. The zero-order valence-electron chi connectivity index (χ0n) is 12.3. The molecule has 0 radical (unpaired) electrons. The minimum absolute atomic E-state index is 0.116. The Morgan fingerprint density at radius 2 is 1.95 bits per heavy atom. The maximum Gasteiger partial charge on any atom is 0.226 e. The van der Waals surface area contributed by atoms with Crippen LogP contribution in [-0.4, -0.2) is 16.6 Å². The summed E-state index contributed by atoms with van der Waals surface area (Å²) in [6.45, 7) is 3.76. The van der Waals surface area contributed by atoms with Gasteiger partial charge >= 0.3 is 0 Å². The predicted octanol–water partition coefficient (Wildman–Crippen LogP) is 3.00. The molecular weight excluding hydrogens is 252 g/mol. The molecule has 4 nitrogen and oxygen atoms in total. The van der Waals surface area contributed by atoms with Crippen molar-refractivity contribution in [2.24, 2.45) is 5.73 Å². The van der Waals surface area contributed by atoms with Crippen LogP contribution in [0, 0.1) is 13.8 Å². The van der Waals surface area contributed by atoms with Crippen molar-refractivity contribution >= 4 is 11.6 Å². The number of phenols is 1. The van der Waals surface area contributed by atoms with Gasteiger partial charge in [-0.25, -0.2) is 0 Å². The van der Waals surface area contributed by atoms with Crippen LogP contribution in [0.15, 0.2) is 12.1 Å². The molecule has 0 aliphatic heterocycles. The molecule has 0 unspecified atom stereocenters. The smallest absolute Gasteiger partial charge is 0.226 e. The molecule has 0 saturated heterocycles. The normalized spacial score (nSPS) is 17.8. The molecule has 1 fully saturated rings. The van der Waals surface area contributed by atoms with Crippen LogP contribution in [0.5, 0.6) is 5.75 Å². The first-order chi connectivity index (χ1) is 9.39. The highest BCUT2D eigenvalue weighted by atomic mass is 16.3. The summed E-state index contributed by atoms with van der Waals surface area (Å²) in [6, 6.07) is 3.67. The first-order valence-electron chi connectivity index (χ1n) is 7.29. The monoisotopic (exact) mass is 276 g/mol. The van der Waals surface area contributed by atoms with Crippen LogP contribution >= 0.6 is 0 Å². The van der Waals surface area contributed by atoms with Gasteiger partial charge in [0.25, 0.3) is 0 Å². The highest BCUT2D eigenvalue weighted by molar-refractivity contribution is 5.93. The van der Waals surface area contributed by atoms with Crippen LogP contribution in [-0.2, 0) is 4.79 Å². The van der Waals surface area contributed by atoms with E-state index >= 15 is 0 Å². The third-order valence-electron chi connectivity index (χ3n) is 4.08. The molecule has 0 spiro atoms. The Bertz CT molecular complexity index is 505. The van der Waals surface area contributed by atoms with Crippen molar-refractivity contribution in [2.45, 2.75) is 57.9 Å². The Labute approximate surface area is 120 Å². The fourth-order valence-corrected chi connectivity index (χ4v) is 3.00. The van der Waals surface area contributed by atoms with E-state index in [-0.39, 0.29) is 17.2 Å². The second kappa shape index (κ2) is 5.83. The molecule has 1 aliphatic rings. The second-order valence-electron chi connectivity index (χ2n) is 6.13. The van der Waals surface area contributed by atoms with E-state index in [2.05, 4.69) is 5.32 Å². The Balaban J connectivity index is 2.04. The zero-order chi connectivity index (χ0) is 14.8. The van der Waals surface area contributed by atoms with E-state index in [1.165, 1.54) is 6.42 Å². The summed E-state index contributed by atoms with van der Waals surface area (Å²) >= 11 is 0. The van der Waals surface area contributed by atoms with Crippen LogP contribution in [0.3, 0.4) is 0 Å². The van der Waals surface area contributed by atoms with Crippen molar-refractivity contribution in [3.05, 3.63) is 23.3 Å². The Hall–Kier alpha value is -1.55. The molecule has 0 atom stereocenters. The third-order valence-corrected chi connectivity index (χ3v) is 4.08. The fourth-order valence-electron chi connectivity index (χ4n) is 3.00. The topological polar surface area (TPSA) is 75.3 Å². The molecule has 1 saturated carbocycles. The molecular formula is C16H24N2O2. The fraction of sp³-hybridized carbons (Fsp3) is 0.562. The van der Waals surface area contributed by atoms with E-state index < -0.39 is 0 Å². The number of carbonyl (C=O) groups is 1. The molecule has 0 bridgehead atoms. The molecule has 2 rings (SSSR count). The number of rotatable bonds is 3. The van der Waals surface area contributed by atoms with Crippen LogP contribution in [0.4, 0.5) is 5.69 Å². The van der Waals surface area contributed by atoms with Gasteiger partial charge in [-0.05, 0) is 43.9 Å². The summed E-state index contributed by atoms with van der Waals surface area (Å²) in [5, 5.41) is 12.8. The van der Waals surface area contributed by atoms with E-state index in [0.717, 1.165) is 36.8 Å². The number of carbonyl (C=O) groups excluding carboxylic acids is 1. The van der Waals surface area contributed by atoms with Gasteiger partial charge in [0.05, 0.1) is 5.69 Å². The lowest BCUT2D eigenvalue weighted by atomic mass is 9.80. The maximum absolute atomic E-state index is 12.2. The summed E-state index contributed by atoms with van der Waals surface area (Å²) in [4.78, 5) is 12.2. The largest absolute Gasteiger partial charge is 0.505 e. The average molecular weight is 276 g/mol. The van der Waals surface area contributed by atoms with Gasteiger partial charge < -0.3 is 16.2 Å². The van der Waals surface area contributed by atoms with Crippen molar-refractivity contribution in [2.75, 3.05) is 5.32 Å². The summed E-state index contributed by atoms with van der Waals surface area (Å²) in [6.07, 6.45) is 5.52. The van der Waals surface area contributed by atoms with E-state index in [1.54, 1.807) is 6.07 Å². The number of nitrogens with one attached hydrogen (secondary N) is 1. The summed E-state index contributed by atoms with van der Waals surface area (Å²) < 4.78 is 0. The lowest BCUT2D eigenvalue weighted by Crippen LogP contribution is -2.44. The molecule has 20 heavy (non-hydrogen) atoms. The molecule has 1 aromatic rings. The van der Waals surface area contributed by atoms with E-state index in [9.17, 15) is 9.90 Å². The first-order valence-corrected chi connectivity index (χ1v) is 7.29. The van der Waals surface area contributed by atoms with Crippen molar-refractivity contribution < 1.29 is 9.90 Å². The predicted molar refractivity (Wildman–Crippen MR) is 80.8 cm³/mol. The minimum Gasteiger partial charge on any atom is -0.505 e. The number of anilines is 1. The van der Waals surface area contributed by atoms with Crippen molar-refractivity contribution in [3.8, 4) is 5.75 Å². The minimum atomic E-state index is -0.378. The Kier molecular flexibility index (Phi) is 4.33.